The van der Waals surface area contributed by atoms with Gasteiger partial charge in [0.25, 0.3) is 11.7 Å². The quantitative estimate of drug-likeness (QED) is 0.417. The van der Waals surface area contributed by atoms with E-state index in [1.165, 1.54) is 6.92 Å². The van der Waals surface area contributed by atoms with Crippen LogP contribution in [-0.2, 0) is 4.79 Å². The highest BCUT2D eigenvalue weighted by Crippen LogP contribution is 2.28. The zero-order chi connectivity index (χ0) is 20.4. The molecule has 3 heterocycles. The SMILES string of the molecule is CC(=O)c1ccc(NC(=O)C(=O)c2c(-c3cccnc3)cc3ccccn23)cc1. The number of carbonyl (C=O) groups excluding carboxylic acids is 3. The number of anilines is 1. The second kappa shape index (κ2) is 7.52. The molecule has 0 unspecified atom stereocenters. The first-order chi connectivity index (χ1) is 14.0. The van der Waals surface area contributed by atoms with E-state index in [0.717, 1.165) is 11.1 Å². The van der Waals surface area contributed by atoms with Crippen LogP contribution in [0, 0.1) is 0 Å². The summed E-state index contributed by atoms with van der Waals surface area (Å²) in [4.78, 5) is 41.3. The molecule has 3 aromatic heterocycles. The first-order valence-electron chi connectivity index (χ1n) is 9.02. The fourth-order valence-electron chi connectivity index (χ4n) is 3.18. The fraction of sp³-hybridized carbons (Fsp3) is 0.0435. The molecule has 0 spiro atoms. The van der Waals surface area contributed by atoms with Gasteiger partial charge in [0, 0.05) is 46.5 Å². The second-order valence-electron chi connectivity index (χ2n) is 6.56. The van der Waals surface area contributed by atoms with Crippen LogP contribution >= 0.6 is 0 Å². The number of nitrogens with zero attached hydrogens (tertiary/aromatic N) is 2. The molecule has 0 radical (unpaired) electrons. The van der Waals surface area contributed by atoms with Gasteiger partial charge in [-0.25, -0.2) is 0 Å². The molecule has 0 aliphatic heterocycles. The van der Waals surface area contributed by atoms with E-state index in [4.69, 9.17) is 0 Å². The summed E-state index contributed by atoms with van der Waals surface area (Å²) in [7, 11) is 0. The molecule has 142 valence electrons. The third-order valence-electron chi connectivity index (χ3n) is 4.62. The first kappa shape index (κ1) is 18.3. The lowest BCUT2D eigenvalue weighted by atomic mass is 10.1. The third kappa shape index (κ3) is 3.55. The Balaban J connectivity index is 1.71. The van der Waals surface area contributed by atoms with Crippen molar-refractivity contribution in [1.82, 2.24) is 9.38 Å². The van der Waals surface area contributed by atoms with Crippen molar-refractivity contribution in [3.63, 3.8) is 0 Å². The van der Waals surface area contributed by atoms with Crippen LogP contribution in [0.2, 0.25) is 0 Å². The molecule has 0 aliphatic carbocycles. The minimum Gasteiger partial charge on any atom is -0.319 e. The molecule has 1 aromatic carbocycles. The highest BCUT2D eigenvalue weighted by molar-refractivity contribution is 6.47. The van der Waals surface area contributed by atoms with Crippen LogP contribution in [0.4, 0.5) is 5.69 Å². The maximum Gasteiger partial charge on any atom is 0.298 e. The standard InChI is InChI=1S/C23H17N3O3/c1-15(27)16-7-9-18(10-8-16)25-23(29)22(28)21-20(17-5-4-11-24-14-17)13-19-6-2-3-12-26(19)21/h2-14H,1H3,(H,25,29). The first-order valence-corrected chi connectivity index (χ1v) is 9.02. The van der Waals surface area contributed by atoms with Crippen molar-refractivity contribution in [3.05, 3.63) is 90.5 Å². The number of hydrogen-bond acceptors (Lipinski definition) is 4. The van der Waals surface area contributed by atoms with Crippen LogP contribution in [0.1, 0.15) is 27.8 Å². The number of benzene rings is 1. The van der Waals surface area contributed by atoms with Gasteiger partial charge in [0.2, 0.25) is 0 Å². The number of amides is 1. The maximum atomic E-state index is 13.1. The molecule has 0 saturated carbocycles. The maximum absolute atomic E-state index is 13.1. The van der Waals surface area contributed by atoms with Crippen LogP contribution in [0.25, 0.3) is 16.6 Å². The number of fused-ring (bicyclic) bond motifs is 1. The molecular weight excluding hydrogens is 366 g/mol. The Morgan fingerprint density at radius 3 is 2.45 bits per heavy atom. The average Bonchev–Trinajstić information content (AvgIpc) is 3.13. The summed E-state index contributed by atoms with van der Waals surface area (Å²) >= 11 is 0. The third-order valence-corrected chi connectivity index (χ3v) is 4.62. The number of carbonyl (C=O) groups is 3. The predicted molar refractivity (Wildman–Crippen MR) is 110 cm³/mol. The second-order valence-corrected chi connectivity index (χ2v) is 6.56. The van der Waals surface area contributed by atoms with Crippen molar-refractivity contribution in [3.8, 4) is 11.1 Å². The molecule has 6 nitrogen and oxygen atoms in total. The van der Waals surface area contributed by atoms with Crippen molar-refractivity contribution < 1.29 is 14.4 Å². The molecule has 1 amide bonds. The topological polar surface area (TPSA) is 80.5 Å². The van der Waals surface area contributed by atoms with Gasteiger partial charge < -0.3 is 9.72 Å². The summed E-state index contributed by atoms with van der Waals surface area (Å²) < 4.78 is 1.70. The molecule has 4 aromatic rings. The van der Waals surface area contributed by atoms with Gasteiger partial charge in [0.05, 0.1) is 0 Å². The van der Waals surface area contributed by atoms with Crippen LogP contribution in [0.5, 0.6) is 0 Å². The van der Waals surface area contributed by atoms with Gasteiger partial charge in [0.15, 0.2) is 5.78 Å². The van der Waals surface area contributed by atoms with E-state index in [1.54, 1.807) is 59.4 Å². The van der Waals surface area contributed by atoms with Gasteiger partial charge in [-0.15, -0.1) is 0 Å². The highest BCUT2D eigenvalue weighted by atomic mass is 16.2. The summed E-state index contributed by atoms with van der Waals surface area (Å²) in [5.74, 6) is -1.49. The number of ketones is 2. The summed E-state index contributed by atoms with van der Waals surface area (Å²) in [6.45, 7) is 1.47. The van der Waals surface area contributed by atoms with Crippen molar-refractivity contribution in [2.45, 2.75) is 6.92 Å². The monoisotopic (exact) mass is 383 g/mol. The van der Waals surface area contributed by atoms with Gasteiger partial charge in [-0.1, -0.05) is 12.1 Å². The lowest BCUT2D eigenvalue weighted by Crippen LogP contribution is -2.24. The van der Waals surface area contributed by atoms with Crippen molar-refractivity contribution >= 4 is 28.7 Å². The van der Waals surface area contributed by atoms with E-state index in [-0.39, 0.29) is 11.5 Å². The average molecular weight is 383 g/mol. The lowest BCUT2D eigenvalue weighted by molar-refractivity contribution is -0.112. The molecule has 0 aliphatic rings. The number of aromatic nitrogens is 2. The minimum absolute atomic E-state index is 0.0697. The van der Waals surface area contributed by atoms with Crippen molar-refractivity contribution in [2.24, 2.45) is 0 Å². The number of nitrogens with one attached hydrogen (secondary N) is 1. The molecule has 4 rings (SSSR count). The number of hydrogen-bond donors (Lipinski definition) is 1. The van der Waals surface area contributed by atoms with Crippen LogP contribution < -0.4 is 5.32 Å². The molecule has 0 bridgehead atoms. The van der Waals surface area contributed by atoms with E-state index >= 15 is 0 Å². The molecule has 0 fully saturated rings. The Labute approximate surface area is 166 Å². The number of pyridine rings is 2. The zero-order valence-electron chi connectivity index (χ0n) is 15.6. The van der Waals surface area contributed by atoms with Crippen LogP contribution in [-0.4, -0.2) is 26.9 Å². The Morgan fingerprint density at radius 2 is 1.76 bits per heavy atom. The number of Topliss-reactive ketones (excluding diaryl/α,β-unsaturated/α-hetero) is 2. The van der Waals surface area contributed by atoms with Crippen LogP contribution in [0.15, 0.2) is 79.3 Å². The van der Waals surface area contributed by atoms with E-state index in [2.05, 4.69) is 10.3 Å². The van der Waals surface area contributed by atoms with E-state index in [9.17, 15) is 14.4 Å². The fourth-order valence-corrected chi connectivity index (χ4v) is 3.18. The lowest BCUT2D eigenvalue weighted by Gasteiger charge is -2.08. The highest BCUT2D eigenvalue weighted by Gasteiger charge is 2.25. The molecule has 6 heteroatoms. The van der Waals surface area contributed by atoms with Gasteiger partial charge >= 0.3 is 0 Å². The van der Waals surface area contributed by atoms with Gasteiger partial charge in [-0.3, -0.25) is 19.4 Å². The van der Waals surface area contributed by atoms with Gasteiger partial charge in [-0.05, 0) is 55.5 Å². The van der Waals surface area contributed by atoms with E-state index < -0.39 is 11.7 Å². The molecule has 0 atom stereocenters. The Hall–Kier alpha value is -4.06. The molecular formula is C23H17N3O3. The molecule has 29 heavy (non-hydrogen) atoms. The Bertz CT molecular complexity index is 1230. The largest absolute Gasteiger partial charge is 0.319 e. The summed E-state index contributed by atoms with van der Waals surface area (Å²) in [6.07, 6.45) is 5.06. The van der Waals surface area contributed by atoms with Crippen molar-refractivity contribution in [2.75, 3.05) is 5.32 Å². The van der Waals surface area contributed by atoms with Crippen LogP contribution in [0.3, 0.4) is 0 Å². The predicted octanol–water partition coefficient (Wildman–Crippen LogP) is 4.03. The van der Waals surface area contributed by atoms with Gasteiger partial charge in [0.1, 0.15) is 5.69 Å². The molecule has 1 N–H and O–H groups in total. The summed E-state index contributed by atoms with van der Waals surface area (Å²) in [5.41, 5.74) is 3.43. The van der Waals surface area contributed by atoms with E-state index in [1.807, 2.05) is 24.3 Å². The Morgan fingerprint density at radius 1 is 0.966 bits per heavy atom. The summed E-state index contributed by atoms with van der Waals surface area (Å²) in [5, 5.41) is 2.61. The van der Waals surface area contributed by atoms with Crippen molar-refractivity contribution in [1.29, 1.82) is 0 Å². The smallest absolute Gasteiger partial charge is 0.298 e. The van der Waals surface area contributed by atoms with Gasteiger partial charge in [-0.2, -0.15) is 0 Å². The zero-order valence-corrected chi connectivity index (χ0v) is 15.6. The van der Waals surface area contributed by atoms with E-state index in [0.29, 0.717) is 16.8 Å². The summed E-state index contributed by atoms with van der Waals surface area (Å²) in [6, 6.07) is 17.4. The Kier molecular flexibility index (Phi) is 4.75. The normalized spacial score (nSPS) is 10.7. The molecule has 0 saturated heterocycles. The number of rotatable bonds is 5. The minimum atomic E-state index is -0.755.